The largest absolute Gasteiger partial charge is 0.321 e. The number of hydrogen-bond donors (Lipinski definition) is 3. The molecule has 3 N–H and O–H groups in total. The maximum atomic E-state index is 13.4. The number of benzene rings is 3. The second-order valence-electron chi connectivity index (χ2n) is 11.3. The number of anilines is 2. The first-order valence-corrected chi connectivity index (χ1v) is 18.1. The van der Waals surface area contributed by atoms with Crippen LogP contribution in [0.3, 0.4) is 0 Å². The number of thiophene rings is 2. The van der Waals surface area contributed by atoms with Gasteiger partial charge in [-0.25, -0.2) is 0 Å². The van der Waals surface area contributed by atoms with Gasteiger partial charge in [-0.1, -0.05) is 60.7 Å². The standard InChI is InChI=1S/C38H32N4O3S3/c1-24(35(43)42-38-32(23-39)31-18-17-27(20-34(31)48-38)25-10-4-2-5-11-25)47-30-15-8-14-28(21-30)40-37(45)33(22-29-16-9-19-46-29)41-36(44)26-12-6-3-7-13-26/h2-16,19,21-22,24,27H,17-18,20H2,1H3,(H,40,45)(H,41,44)(H,42,43)/b33-22-. The highest BCUT2D eigenvalue weighted by Crippen LogP contribution is 2.42. The third-order valence-corrected chi connectivity index (χ3v) is 11.1. The SMILES string of the molecule is CC(Sc1cccc(NC(=O)/C(=C/c2cccs2)NC(=O)c2ccccc2)c1)C(=O)Nc1sc2c(c1C#N)CCC(c1ccccc1)C2. The minimum absolute atomic E-state index is 0.110. The summed E-state index contributed by atoms with van der Waals surface area (Å²) in [4.78, 5) is 42.4. The van der Waals surface area contributed by atoms with Gasteiger partial charge in [0, 0.05) is 25.9 Å². The quantitative estimate of drug-likeness (QED) is 0.101. The summed E-state index contributed by atoms with van der Waals surface area (Å²) in [5, 5.41) is 20.7. The molecule has 1 aliphatic carbocycles. The van der Waals surface area contributed by atoms with Crippen LogP contribution in [0.25, 0.3) is 6.08 Å². The Morgan fingerprint density at radius 1 is 0.958 bits per heavy atom. The summed E-state index contributed by atoms with van der Waals surface area (Å²) in [5.74, 6) is -0.660. The molecule has 0 radical (unpaired) electrons. The zero-order chi connectivity index (χ0) is 33.5. The molecule has 2 heterocycles. The number of fused-ring (bicyclic) bond motifs is 1. The molecule has 2 unspecified atom stereocenters. The zero-order valence-corrected chi connectivity index (χ0v) is 28.5. The van der Waals surface area contributed by atoms with Crippen LogP contribution in [-0.2, 0) is 22.4 Å². The van der Waals surface area contributed by atoms with E-state index >= 15 is 0 Å². The Morgan fingerprint density at radius 2 is 1.73 bits per heavy atom. The fraction of sp³-hybridized carbons (Fsp3) is 0.158. The number of rotatable bonds is 10. The normalized spacial score (nSPS) is 14.7. The fourth-order valence-electron chi connectivity index (χ4n) is 5.58. The molecule has 0 spiro atoms. The summed E-state index contributed by atoms with van der Waals surface area (Å²) < 4.78 is 0. The van der Waals surface area contributed by atoms with Gasteiger partial charge in [0.15, 0.2) is 0 Å². The molecular formula is C38H32N4O3S3. The molecule has 7 nitrogen and oxygen atoms in total. The highest BCUT2D eigenvalue weighted by atomic mass is 32.2. The van der Waals surface area contributed by atoms with E-state index in [1.54, 1.807) is 48.5 Å². The summed E-state index contributed by atoms with van der Waals surface area (Å²) in [6.07, 6.45) is 4.29. The van der Waals surface area contributed by atoms with Crippen molar-refractivity contribution in [3.8, 4) is 6.07 Å². The van der Waals surface area contributed by atoms with Gasteiger partial charge in [0.25, 0.3) is 11.8 Å². The average molecular weight is 689 g/mol. The Balaban J connectivity index is 1.11. The highest BCUT2D eigenvalue weighted by Gasteiger charge is 2.28. The van der Waals surface area contributed by atoms with Gasteiger partial charge in [0.2, 0.25) is 5.91 Å². The van der Waals surface area contributed by atoms with Crippen LogP contribution in [0.1, 0.15) is 56.1 Å². The van der Waals surface area contributed by atoms with Crippen LogP contribution in [-0.4, -0.2) is 23.0 Å². The first-order chi connectivity index (χ1) is 23.4. The molecule has 10 heteroatoms. The van der Waals surface area contributed by atoms with Crippen molar-refractivity contribution < 1.29 is 14.4 Å². The molecule has 0 bridgehead atoms. The second-order valence-corrected chi connectivity index (χ2v) is 14.8. The molecule has 0 fully saturated rings. The van der Waals surface area contributed by atoms with Crippen LogP contribution in [0.5, 0.6) is 0 Å². The lowest BCUT2D eigenvalue weighted by atomic mass is 9.83. The average Bonchev–Trinajstić information content (AvgIpc) is 3.75. The second kappa shape index (κ2) is 15.3. The third kappa shape index (κ3) is 7.94. The Morgan fingerprint density at radius 3 is 2.46 bits per heavy atom. The number of nitrogens with one attached hydrogen (secondary N) is 3. The number of hydrogen-bond acceptors (Lipinski definition) is 7. The van der Waals surface area contributed by atoms with Crippen molar-refractivity contribution in [3.63, 3.8) is 0 Å². The van der Waals surface area contributed by atoms with Crippen molar-refractivity contribution in [3.05, 3.63) is 140 Å². The van der Waals surface area contributed by atoms with Crippen LogP contribution in [0, 0.1) is 11.3 Å². The highest BCUT2D eigenvalue weighted by molar-refractivity contribution is 8.00. The molecule has 2 atom stereocenters. The predicted octanol–water partition coefficient (Wildman–Crippen LogP) is 8.48. The van der Waals surface area contributed by atoms with Crippen molar-refractivity contribution in [2.75, 3.05) is 10.6 Å². The van der Waals surface area contributed by atoms with E-state index in [1.807, 2.05) is 42.6 Å². The number of amides is 3. The molecule has 48 heavy (non-hydrogen) atoms. The van der Waals surface area contributed by atoms with Crippen LogP contribution in [0.2, 0.25) is 0 Å². The van der Waals surface area contributed by atoms with Gasteiger partial charge < -0.3 is 16.0 Å². The number of nitrogens with zero attached hydrogens (tertiary/aromatic N) is 1. The molecule has 0 saturated heterocycles. The van der Waals surface area contributed by atoms with E-state index in [2.05, 4.69) is 46.3 Å². The molecule has 240 valence electrons. The number of carbonyl (C=O) groups is 3. The number of nitriles is 1. The fourth-order valence-corrected chi connectivity index (χ4v) is 8.44. The summed E-state index contributed by atoms with van der Waals surface area (Å²) >= 11 is 4.31. The summed E-state index contributed by atoms with van der Waals surface area (Å²) in [6.45, 7) is 1.82. The van der Waals surface area contributed by atoms with Gasteiger partial charge in [0.05, 0.1) is 10.8 Å². The lowest BCUT2D eigenvalue weighted by Gasteiger charge is -2.22. The molecule has 5 aromatic rings. The Labute approximate surface area is 291 Å². The Kier molecular flexibility index (Phi) is 10.5. The van der Waals surface area contributed by atoms with E-state index in [1.165, 1.54) is 40.0 Å². The molecular weight excluding hydrogens is 657 g/mol. The van der Waals surface area contributed by atoms with Crippen molar-refractivity contribution in [1.29, 1.82) is 5.26 Å². The molecule has 2 aromatic heterocycles. The third-order valence-electron chi connectivity index (χ3n) is 8.02. The van der Waals surface area contributed by atoms with Crippen LogP contribution < -0.4 is 16.0 Å². The van der Waals surface area contributed by atoms with Crippen molar-refractivity contribution >= 4 is 68.9 Å². The first-order valence-electron chi connectivity index (χ1n) is 15.5. The first kappa shape index (κ1) is 33.0. The molecule has 3 aromatic carbocycles. The zero-order valence-electron chi connectivity index (χ0n) is 26.1. The lowest BCUT2D eigenvalue weighted by molar-refractivity contribution is -0.115. The van der Waals surface area contributed by atoms with Crippen molar-refractivity contribution in [2.24, 2.45) is 0 Å². The van der Waals surface area contributed by atoms with Crippen molar-refractivity contribution in [1.82, 2.24) is 5.32 Å². The topological polar surface area (TPSA) is 111 Å². The minimum Gasteiger partial charge on any atom is -0.321 e. The van der Waals surface area contributed by atoms with Gasteiger partial charge in [0.1, 0.15) is 16.8 Å². The maximum absolute atomic E-state index is 13.4. The van der Waals surface area contributed by atoms with Gasteiger partial charge in [-0.15, -0.1) is 34.4 Å². The molecule has 1 aliphatic rings. The lowest BCUT2D eigenvalue weighted by Crippen LogP contribution is -2.30. The van der Waals surface area contributed by atoms with E-state index in [0.717, 1.165) is 39.5 Å². The van der Waals surface area contributed by atoms with Crippen LogP contribution in [0.4, 0.5) is 10.7 Å². The van der Waals surface area contributed by atoms with Gasteiger partial charge in [-0.05, 0) is 91.1 Å². The van der Waals surface area contributed by atoms with Crippen molar-refractivity contribution in [2.45, 2.75) is 42.2 Å². The van der Waals surface area contributed by atoms with Gasteiger partial charge >= 0.3 is 0 Å². The van der Waals surface area contributed by atoms with Gasteiger partial charge in [-0.2, -0.15) is 5.26 Å². The Hall–Kier alpha value is -4.95. The summed E-state index contributed by atoms with van der Waals surface area (Å²) in [5.41, 5.74) is 4.00. The van der Waals surface area contributed by atoms with Crippen LogP contribution >= 0.6 is 34.4 Å². The minimum atomic E-state index is -0.474. The molecule has 0 saturated carbocycles. The van der Waals surface area contributed by atoms with Crippen LogP contribution in [0.15, 0.2) is 113 Å². The number of thioether (sulfide) groups is 1. The molecule has 3 amide bonds. The smallest absolute Gasteiger partial charge is 0.272 e. The van der Waals surface area contributed by atoms with E-state index in [9.17, 15) is 19.6 Å². The summed E-state index contributed by atoms with van der Waals surface area (Å²) in [6, 6.07) is 32.5. The molecule has 6 rings (SSSR count). The predicted molar refractivity (Wildman–Crippen MR) is 195 cm³/mol. The van der Waals surface area contributed by atoms with E-state index in [4.69, 9.17) is 0 Å². The van der Waals surface area contributed by atoms with E-state index in [-0.39, 0.29) is 17.5 Å². The maximum Gasteiger partial charge on any atom is 0.272 e. The monoisotopic (exact) mass is 688 g/mol. The molecule has 0 aliphatic heterocycles. The van der Waals surface area contributed by atoms with E-state index < -0.39 is 11.2 Å². The van der Waals surface area contributed by atoms with Gasteiger partial charge in [-0.3, -0.25) is 14.4 Å². The summed E-state index contributed by atoms with van der Waals surface area (Å²) in [7, 11) is 0. The Bertz CT molecular complexity index is 2000. The van der Waals surface area contributed by atoms with E-state index in [0.29, 0.717) is 27.7 Å². The number of carbonyl (C=O) groups excluding carboxylic acids is 3.